The van der Waals surface area contributed by atoms with Crippen LogP contribution in [0.4, 0.5) is 0 Å². The number of hydrogen-bond acceptors (Lipinski definition) is 7. The van der Waals surface area contributed by atoms with Gasteiger partial charge in [0.2, 0.25) is 0 Å². The van der Waals surface area contributed by atoms with Crippen LogP contribution in [-0.4, -0.2) is 42.9 Å². The summed E-state index contributed by atoms with van der Waals surface area (Å²) >= 11 is 0. The van der Waals surface area contributed by atoms with Crippen LogP contribution in [0.25, 0.3) is 22.7 Å². The van der Waals surface area contributed by atoms with Crippen LogP contribution in [0.1, 0.15) is 25.2 Å². The minimum absolute atomic E-state index is 0.213. The molecule has 0 fully saturated rings. The number of imidazole rings is 1. The average Bonchev–Trinajstić information content (AvgIpc) is 3.20. The second kappa shape index (κ2) is 10.2. The Labute approximate surface area is 180 Å². The first kappa shape index (κ1) is 21.7. The highest BCUT2D eigenvalue weighted by atomic mass is 16.6. The molecule has 0 radical (unpaired) electrons. The monoisotopic (exact) mass is 421 g/mol. The number of benzene rings is 2. The summed E-state index contributed by atoms with van der Waals surface area (Å²) in [7, 11) is 1.59. The molecule has 0 aliphatic heterocycles. The van der Waals surface area contributed by atoms with E-state index in [0.717, 1.165) is 16.6 Å². The summed E-state index contributed by atoms with van der Waals surface area (Å²) in [4.78, 5) is 19.2. The number of methoxy groups -OCH3 is 1. The Hall–Kier alpha value is -3.99. The highest BCUT2D eigenvalue weighted by Crippen LogP contribution is 2.30. The lowest BCUT2D eigenvalue weighted by atomic mass is 10.1. The van der Waals surface area contributed by atoms with E-state index in [-0.39, 0.29) is 13.2 Å². The molecule has 1 heterocycles. The zero-order valence-corrected chi connectivity index (χ0v) is 17.6. The van der Waals surface area contributed by atoms with Gasteiger partial charge in [-0.25, -0.2) is 9.78 Å². The van der Waals surface area contributed by atoms with Crippen LogP contribution in [0, 0.1) is 11.3 Å². The largest absolute Gasteiger partial charge is 0.497 e. The van der Waals surface area contributed by atoms with Crippen molar-refractivity contribution in [2.45, 2.75) is 13.8 Å². The summed E-state index contributed by atoms with van der Waals surface area (Å²) in [6, 6.07) is 12.8. The van der Waals surface area contributed by atoms with Crippen molar-refractivity contribution in [2.24, 2.45) is 0 Å². The van der Waals surface area contributed by atoms with Crippen LogP contribution >= 0.6 is 0 Å². The minimum Gasteiger partial charge on any atom is -0.497 e. The molecule has 31 heavy (non-hydrogen) atoms. The Balaban J connectivity index is 1.88. The van der Waals surface area contributed by atoms with E-state index in [1.807, 2.05) is 25.1 Å². The van der Waals surface area contributed by atoms with Gasteiger partial charge >= 0.3 is 5.97 Å². The Bertz CT molecular complexity index is 1140. The number of aromatic amines is 1. The van der Waals surface area contributed by atoms with Gasteiger partial charge in [0.1, 0.15) is 17.6 Å². The van der Waals surface area contributed by atoms with Gasteiger partial charge in [0.15, 0.2) is 18.1 Å². The number of hydrogen-bond donors (Lipinski definition) is 1. The first-order chi connectivity index (χ1) is 15.1. The maximum atomic E-state index is 11.6. The molecule has 0 bridgehead atoms. The number of ether oxygens (including phenoxy) is 4. The number of allylic oxidation sites excluding steroid dienone is 1. The van der Waals surface area contributed by atoms with Crippen molar-refractivity contribution in [1.29, 1.82) is 5.26 Å². The van der Waals surface area contributed by atoms with Crippen LogP contribution in [0.5, 0.6) is 17.2 Å². The van der Waals surface area contributed by atoms with Crippen molar-refractivity contribution in [3.05, 3.63) is 47.8 Å². The molecular formula is C23H23N3O5. The van der Waals surface area contributed by atoms with Crippen molar-refractivity contribution in [3.8, 4) is 23.3 Å². The smallest absolute Gasteiger partial charge is 0.344 e. The van der Waals surface area contributed by atoms with Crippen LogP contribution in [0.3, 0.4) is 0 Å². The van der Waals surface area contributed by atoms with E-state index >= 15 is 0 Å². The molecule has 3 aromatic rings. The van der Waals surface area contributed by atoms with Crippen molar-refractivity contribution >= 4 is 28.7 Å². The van der Waals surface area contributed by atoms with Gasteiger partial charge in [-0.2, -0.15) is 5.26 Å². The Morgan fingerprint density at radius 3 is 2.68 bits per heavy atom. The van der Waals surface area contributed by atoms with E-state index in [0.29, 0.717) is 35.3 Å². The van der Waals surface area contributed by atoms with E-state index in [1.54, 1.807) is 38.3 Å². The van der Waals surface area contributed by atoms with Crippen molar-refractivity contribution in [3.63, 3.8) is 0 Å². The highest BCUT2D eigenvalue weighted by molar-refractivity contribution is 5.90. The van der Waals surface area contributed by atoms with Gasteiger partial charge in [-0.1, -0.05) is 6.07 Å². The predicted molar refractivity (Wildman–Crippen MR) is 116 cm³/mol. The number of nitrogens with zero attached hydrogens (tertiary/aromatic N) is 2. The molecule has 0 saturated carbocycles. The molecule has 8 nitrogen and oxygen atoms in total. The van der Waals surface area contributed by atoms with Gasteiger partial charge in [-0.05, 0) is 49.8 Å². The zero-order valence-electron chi connectivity index (χ0n) is 17.6. The summed E-state index contributed by atoms with van der Waals surface area (Å²) in [5.74, 6) is 1.58. The van der Waals surface area contributed by atoms with Gasteiger partial charge in [-0.15, -0.1) is 0 Å². The van der Waals surface area contributed by atoms with Crippen LogP contribution in [-0.2, 0) is 9.53 Å². The number of H-pyrrole nitrogens is 1. The normalized spacial score (nSPS) is 11.1. The molecule has 0 aliphatic carbocycles. The summed E-state index contributed by atoms with van der Waals surface area (Å²) in [5, 5.41) is 9.68. The average molecular weight is 421 g/mol. The molecule has 1 aromatic heterocycles. The molecule has 0 spiro atoms. The Kier molecular flexibility index (Phi) is 7.12. The molecule has 0 amide bonds. The molecule has 0 saturated heterocycles. The Morgan fingerprint density at radius 2 is 1.97 bits per heavy atom. The third kappa shape index (κ3) is 5.34. The number of rotatable bonds is 9. The topological polar surface area (TPSA) is 106 Å². The quantitative estimate of drug-likeness (QED) is 0.411. The fourth-order valence-electron chi connectivity index (χ4n) is 2.90. The molecular weight excluding hydrogens is 398 g/mol. The van der Waals surface area contributed by atoms with Crippen LogP contribution in [0.2, 0.25) is 0 Å². The fourth-order valence-corrected chi connectivity index (χ4v) is 2.90. The highest BCUT2D eigenvalue weighted by Gasteiger charge is 2.12. The van der Waals surface area contributed by atoms with Crippen molar-refractivity contribution in [2.75, 3.05) is 26.9 Å². The number of carbonyl (C=O) groups is 1. The lowest BCUT2D eigenvalue weighted by Gasteiger charge is -2.12. The van der Waals surface area contributed by atoms with Crippen molar-refractivity contribution in [1.82, 2.24) is 9.97 Å². The van der Waals surface area contributed by atoms with E-state index in [1.165, 1.54) is 0 Å². The second-order valence-corrected chi connectivity index (χ2v) is 6.37. The molecule has 0 atom stereocenters. The standard InChI is InChI=1S/C23H23N3O5/c1-4-29-21-11-15(6-9-20(21)31-14-22(27)30-5-2)10-16(13-24)23-25-18-8-7-17(28-3)12-19(18)26-23/h6-12H,4-5,14H2,1-3H3,(H,25,26)/b16-10+. The summed E-state index contributed by atoms with van der Waals surface area (Å²) < 4.78 is 21.3. The molecule has 2 aromatic carbocycles. The number of nitriles is 1. The zero-order chi connectivity index (χ0) is 22.2. The molecule has 0 unspecified atom stereocenters. The molecule has 1 N–H and O–H groups in total. The molecule has 160 valence electrons. The van der Waals surface area contributed by atoms with E-state index in [4.69, 9.17) is 18.9 Å². The van der Waals surface area contributed by atoms with Gasteiger partial charge in [0.25, 0.3) is 0 Å². The maximum Gasteiger partial charge on any atom is 0.344 e. The lowest BCUT2D eigenvalue weighted by Crippen LogP contribution is -2.15. The number of carbonyl (C=O) groups excluding carboxylic acids is 1. The van der Waals surface area contributed by atoms with Crippen LogP contribution < -0.4 is 14.2 Å². The molecule has 0 aliphatic rings. The number of fused-ring (bicyclic) bond motifs is 1. The van der Waals surface area contributed by atoms with Gasteiger partial charge in [-0.3, -0.25) is 0 Å². The van der Waals surface area contributed by atoms with E-state index in [9.17, 15) is 10.1 Å². The van der Waals surface area contributed by atoms with Gasteiger partial charge < -0.3 is 23.9 Å². The van der Waals surface area contributed by atoms with E-state index < -0.39 is 5.97 Å². The number of aromatic nitrogens is 2. The SMILES string of the molecule is CCOC(=O)COc1ccc(/C=C(\C#N)c2nc3ccc(OC)cc3[nH]2)cc1OCC. The predicted octanol–water partition coefficient (Wildman–Crippen LogP) is 3.98. The first-order valence-electron chi connectivity index (χ1n) is 9.79. The maximum absolute atomic E-state index is 11.6. The van der Waals surface area contributed by atoms with Crippen LogP contribution in [0.15, 0.2) is 36.4 Å². The van der Waals surface area contributed by atoms with Gasteiger partial charge in [0.05, 0.1) is 36.9 Å². The molecule has 3 rings (SSSR count). The Morgan fingerprint density at radius 1 is 1.13 bits per heavy atom. The second-order valence-electron chi connectivity index (χ2n) is 6.37. The first-order valence-corrected chi connectivity index (χ1v) is 9.79. The summed E-state index contributed by atoms with van der Waals surface area (Å²) in [6.45, 7) is 4.07. The minimum atomic E-state index is -0.456. The summed E-state index contributed by atoms with van der Waals surface area (Å²) in [6.07, 6.45) is 1.70. The summed E-state index contributed by atoms with van der Waals surface area (Å²) in [5.41, 5.74) is 2.59. The third-order valence-corrected chi connectivity index (χ3v) is 4.29. The van der Waals surface area contributed by atoms with Crippen molar-refractivity contribution < 1.29 is 23.7 Å². The van der Waals surface area contributed by atoms with E-state index in [2.05, 4.69) is 16.0 Å². The number of esters is 1. The fraction of sp³-hybridized carbons (Fsp3) is 0.261. The molecule has 8 heteroatoms. The third-order valence-electron chi connectivity index (χ3n) is 4.29. The lowest BCUT2D eigenvalue weighted by molar-refractivity contribution is -0.145. The van der Waals surface area contributed by atoms with Gasteiger partial charge in [0, 0.05) is 6.07 Å². The number of nitrogens with one attached hydrogen (secondary N) is 1.